The lowest BCUT2D eigenvalue weighted by Crippen LogP contribution is -2.14. The van der Waals surface area contributed by atoms with Crippen LogP contribution in [-0.2, 0) is 22.4 Å². The second-order valence-corrected chi connectivity index (χ2v) is 5.81. The van der Waals surface area contributed by atoms with Crippen molar-refractivity contribution in [2.24, 2.45) is 0 Å². The molecule has 0 aliphatic heterocycles. The maximum Gasteiger partial charge on any atom is 0.341 e. The largest absolute Gasteiger partial charge is 0.465 e. The number of carbonyl (C=O) groups is 2. The predicted octanol–water partition coefficient (Wildman–Crippen LogP) is 3.15. The number of esters is 1. The van der Waals surface area contributed by atoms with Crippen LogP contribution in [0.5, 0.6) is 0 Å². The molecule has 1 aliphatic carbocycles. The van der Waals surface area contributed by atoms with Gasteiger partial charge in [0.2, 0.25) is 5.91 Å². The lowest BCUT2D eigenvalue weighted by atomic mass is 10.1. The summed E-state index contributed by atoms with van der Waals surface area (Å²) in [5.41, 5.74) is 1.65. The van der Waals surface area contributed by atoms with Crippen molar-refractivity contribution in [3.05, 3.63) is 16.0 Å². The zero-order valence-corrected chi connectivity index (χ0v) is 12.2. The highest BCUT2D eigenvalue weighted by Crippen LogP contribution is 2.39. The summed E-state index contributed by atoms with van der Waals surface area (Å²) in [6.45, 7) is 2.05. The minimum Gasteiger partial charge on any atom is -0.465 e. The molecule has 1 aromatic heterocycles. The van der Waals surface area contributed by atoms with Crippen molar-refractivity contribution in [1.82, 2.24) is 0 Å². The Kier molecular flexibility index (Phi) is 4.58. The molecule has 0 spiro atoms. The molecule has 1 aliphatic rings. The third-order valence-electron chi connectivity index (χ3n) is 3.32. The molecule has 0 saturated heterocycles. The molecule has 1 amide bonds. The molecular formula is C14H19NO3S. The number of fused-ring (bicyclic) bond motifs is 1. The fourth-order valence-electron chi connectivity index (χ4n) is 2.34. The van der Waals surface area contributed by atoms with Crippen LogP contribution in [0.15, 0.2) is 0 Å². The van der Waals surface area contributed by atoms with Crippen molar-refractivity contribution in [1.29, 1.82) is 0 Å². The van der Waals surface area contributed by atoms with E-state index in [2.05, 4.69) is 5.32 Å². The number of rotatable bonds is 5. The van der Waals surface area contributed by atoms with Gasteiger partial charge in [0.15, 0.2) is 0 Å². The number of thiophene rings is 1. The Morgan fingerprint density at radius 1 is 1.37 bits per heavy atom. The van der Waals surface area contributed by atoms with Crippen molar-refractivity contribution in [2.45, 2.75) is 45.4 Å². The first-order valence-corrected chi connectivity index (χ1v) is 7.51. The first-order valence-electron chi connectivity index (χ1n) is 6.70. The Morgan fingerprint density at radius 2 is 2.16 bits per heavy atom. The zero-order chi connectivity index (χ0) is 13.8. The van der Waals surface area contributed by atoms with Gasteiger partial charge >= 0.3 is 5.97 Å². The topological polar surface area (TPSA) is 55.4 Å². The minimum atomic E-state index is -0.342. The summed E-state index contributed by atoms with van der Waals surface area (Å²) in [5, 5.41) is 3.53. The van der Waals surface area contributed by atoms with Crippen molar-refractivity contribution in [3.8, 4) is 0 Å². The summed E-state index contributed by atoms with van der Waals surface area (Å²) in [6, 6.07) is 0. The Bertz CT molecular complexity index is 493. The van der Waals surface area contributed by atoms with E-state index in [1.54, 1.807) is 0 Å². The SMILES string of the molecule is CCCCC(=O)Nc1sc2c(c1C(=O)OC)CCC2. The molecule has 0 fully saturated rings. The molecule has 1 heterocycles. The molecular weight excluding hydrogens is 262 g/mol. The second kappa shape index (κ2) is 6.19. The first-order chi connectivity index (χ1) is 9.17. The highest BCUT2D eigenvalue weighted by molar-refractivity contribution is 7.17. The molecule has 2 rings (SSSR count). The van der Waals surface area contributed by atoms with Crippen LogP contribution in [0.4, 0.5) is 5.00 Å². The van der Waals surface area contributed by atoms with Gasteiger partial charge in [0.1, 0.15) is 5.00 Å². The molecule has 0 bridgehead atoms. The number of methoxy groups -OCH3 is 1. The average molecular weight is 281 g/mol. The monoisotopic (exact) mass is 281 g/mol. The van der Waals surface area contributed by atoms with Gasteiger partial charge in [-0.05, 0) is 31.2 Å². The molecule has 0 saturated carbocycles. The van der Waals surface area contributed by atoms with E-state index in [0.717, 1.165) is 37.7 Å². The number of anilines is 1. The van der Waals surface area contributed by atoms with Gasteiger partial charge in [0.25, 0.3) is 0 Å². The fraction of sp³-hybridized carbons (Fsp3) is 0.571. The van der Waals surface area contributed by atoms with Crippen molar-refractivity contribution in [2.75, 3.05) is 12.4 Å². The molecule has 0 aromatic carbocycles. The molecule has 1 aromatic rings. The summed E-state index contributed by atoms with van der Waals surface area (Å²) >= 11 is 1.52. The fourth-order valence-corrected chi connectivity index (χ4v) is 3.63. The van der Waals surface area contributed by atoms with Gasteiger partial charge < -0.3 is 10.1 Å². The number of amides is 1. The second-order valence-electron chi connectivity index (χ2n) is 4.70. The quantitative estimate of drug-likeness (QED) is 0.843. The van der Waals surface area contributed by atoms with E-state index >= 15 is 0 Å². The highest BCUT2D eigenvalue weighted by Gasteiger charge is 2.27. The number of hydrogen-bond donors (Lipinski definition) is 1. The van der Waals surface area contributed by atoms with Crippen LogP contribution >= 0.6 is 11.3 Å². The van der Waals surface area contributed by atoms with Gasteiger partial charge in [-0.25, -0.2) is 4.79 Å². The standard InChI is InChI=1S/C14H19NO3S/c1-3-4-8-11(16)15-13-12(14(17)18-2)9-6-5-7-10(9)19-13/h3-8H2,1-2H3,(H,15,16). The van der Waals surface area contributed by atoms with Crippen LogP contribution in [0, 0.1) is 0 Å². The van der Waals surface area contributed by atoms with Crippen LogP contribution in [0.1, 0.15) is 53.4 Å². The van der Waals surface area contributed by atoms with E-state index in [1.165, 1.54) is 23.3 Å². The Balaban J connectivity index is 2.20. The van der Waals surface area contributed by atoms with E-state index in [1.807, 2.05) is 6.92 Å². The number of nitrogens with one attached hydrogen (secondary N) is 1. The van der Waals surface area contributed by atoms with Crippen molar-refractivity contribution >= 4 is 28.2 Å². The van der Waals surface area contributed by atoms with Crippen LogP contribution in [0.3, 0.4) is 0 Å². The molecule has 104 valence electrons. The van der Waals surface area contributed by atoms with Gasteiger partial charge in [-0.2, -0.15) is 0 Å². The summed E-state index contributed by atoms with van der Waals surface area (Å²) in [5.74, 6) is -0.364. The van der Waals surface area contributed by atoms with Crippen LogP contribution in [-0.4, -0.2) is 19.0 Å². The van der Waals surface area contributed by atoms with Crippen LogP contribution in [0.2, 0.25) is 0 Å². The van der Waals surface area contributed by atoms with E-state index in [4.69, 9.17) is 4.74 Å². The Labute approximate surface area is 117 Å². The Morgan fingerprint density at radius 3 is 2.84 bits per heavy atom. The Hall–Kier alpha value is -1.36. The normalized spacial score (nSPS) is 13.2. The van der Waals surface area contributed by atoms with E-state index in [-0.39, 0.29) is 11.9 Å². The molecule has 4 nitrogen and oxygen atoms in total. The number of hydrogen-bond acceptors (Lipinski definition) is 4. The van der Waals surface area contributed by atoms with Gasteiger partial charge in [-0.3, -0.25) is 4.79 Å². The molecule has 19 heavy (non-hydrogen) atoms. The van der Waals surface area contributed by atoms with Gasteiger partial charge in [-0.15, -0.1) is 11.3 Å². The number of unbranched alkanes of at least 4 members (excludes halogenated alkanes) is 1. The minimum absolute atomic E-state index is 0.0214. The van der Waals surface area contributed by atoms with E-state index < -0.39 is 0 Å². The lowest BCUT2D eigenvalue weighted by Gasteiger charge is -2.06. The van der Waals surface area contributed by atoms with Crippen molar-refractivity contribution < 1.29 is 14.3 Å². The predicted molar refractivity (Wildman–Crippen MR) is 75.8 cm³/mol. The van der Waals surface area contributed by atoms with Gasteiger partial charge in [0, 0.05) is 11.3 Å². The molecule has 0 unspecified atom stereocenters. The number of aryl methyl sites for hydroxylation is 1. The summed E-state index contributed by atoms with van der Waals surface area (Å²) in [4.78, 5) is 24.9. The van der Waals surface area contributed by atoms with Crippen LogP contribution < -0.4 is 5.32 Å². The smallest absolute Gasteiger partial charge is 0.341 e. The molecule has 5 heteroatoms. The van der Waals surface area contributed by atoms with Gasteiger partial charge in [-0.1, -0.05) is 13.3 Å². The maximum absolute atomic E-state index is 11.9. The number of ether oxygens (including phenoxy) is 1. The summed E-state index contributed by atoms with van der Waals surface area (Å²) in [6.07, 6.45) is 5.33. The van der Waals surface area contributed by atoms with Gasteiger partial charge in [0.05, 0.1) is 12.7 Å². The third-order valence-corrected chi connectivity index (χ3v) is 4.53. The van der Waals surface area contributed by atoms with Crippen LogP contribution in [0.25, 0.3) is 0 Å². The molecule has 0 radical (unpaired) electrons. The molecule has 0 atom stereocenters. The number of carbonyl (C=O) groups excluding carboxylic acids is 2. The summed E-state index contributed by atoms with van der Waals surface area (Å²) in [7, 11) is 1.38. The third kappa shape index (κ3) is 2.97. The first kappa shape index (κ1) is 14.1. The van der Waals surface area contributed by atoms with Crippen molar-refractivity contribution in [3.63, 3.8) is 0 Å². The highest BCUT2D eigenvalue weighted by atomic mass is 32.1. The van der Waals surface area contributed by atoms with E-state index in [0.29, 0.717) is 17.0 Å². The maximum atomic E-state index is 11.9. The van der Waals surface area contributed by atoms with E-state index in [9.17, 15) is 9.59 Å². The average Bonchev–Trinajstić information content (AvgIpc) is 2.95. The molecule has 1 N–H and O–H groups in total. The zero-order valence-electron chi connectivity index (χ0n) is 11.4. The summed E-state index contributed by atoms with van der Waals surface area (Å²) < 4.78 is 4.84. The lowest BCUT2D eigenvalue weighted by molar-refractivity contribution is -0.116.